The number of carbonyl (C=O) groups is 1. The SMILES string of the molecule is O=C([O-])c1ccc(Cl)cc1NS(=O)(=O)c1cc(C(F)(F)F)ccc1Cl. The monoisotopic (exact) mass is 412 g/mol. The predicted octanol–water partition coefficient (Wildman–Crippen LogP) is 3.18. The van der Waals surface area contributed by atoms with Gasteiger partial charge in [0.05, 0.1) is 22.2 Å². The summed E-state index contributed by atoms with van der Waals surface area (Å²) in [6, 6.07) is 4.88. The predicted molar refractivity (Wildman–Crippen MR) is 83.0 cm³/mol. The Hall–Kier alpha value is -1.97. The second kappa shape index (κ2) is 6.74. The van der Waals surface area contributed by atoms with Crippen LogP contribution >= 0.6 is 23.2 Å². The molecular weight excluding hydrogens is 406 g/mol. The standard InChI is InChI=1S/C14H8Cl2F3NO4S/c15-8-2-3-9(13(21)22)11(6-8)20-25(23,24)12-5-7(14(17,18)19)1-4-10(12)16/h1-6,20H,(H,21,22)/p-1. The van der Waals surface area contributed by atoms with E-state index < -0.39 is 48.9 Å². The van der Waals surface area contributed by atoms with Gasteiger partial charge in [-0.1, -0.05) is 23.2 Å². The molecule has 11 heteroatoms. The zero-order valence-electron chi connectivity index (χ0n) is 11.9. The number of sulfonamides is 1. The van der Waals surface area contributed by atoms with Crippen LogP contribution in [0, 0.1) is 0 Å². The first-order valence-corrected chi connectivity index (χ1v) is 8.56. The van der Waals surface area contributed by atoms with Crippen molar-refractivity contribution in [2.45, 2.75) is 11.1 Å². The fourth-order valence-corrected chi connectivity index (χ4v) is 3.63. The highest BCUT2D eigenvalue weighted by atomic mass is 35.5. The summed E-state index contributed by atoms with van der Waals surface area (Å²) in [6.45, 7) is 0. The van der Waals surface area contributed by atoms with Crippen molar-refractivity contribution < 1.29 is 31.5 Å². The molecule has 0 fully saturated rings. The third kappa shape index (κ3) is 4.36. The molecule has 0 aliphatic carbocycles. The van der Waals surface area contributed by atoms with Crippen LogP contribution in [0.1, 0.15) is 15.9 Å². The lowest BCUT2D eigenvalue weighted by atomic mass is 10.2. The highest BCUT2D eigenvalue weighted by molar-refractivity contribution is 7.92. The molecule has 0 amide bonds. The summed E-state index contributed by atoms with van der Waals surface area (Å²) in [6.07, 6.45) is -4.79. The van der Waals surface area contributed by atoms with Crippen LogP contribution < -0.4 is 9.83 Å². The third-order valence-corrected chi connectivity index (χ3v) is 5.08. The van der Waals surface area contributed by atoms with Crippen molar-refractivity contribution in [1.29, 1.82) is 0 Å². The van der Waals surface area contributed by atoms with Gasteiger partial charge in [0.25, 0.3) is 10.0 Å². The van der Waals surface area contributed by atoms with Crippen LogP contribution in [0.15, 0.2) is 41.3 Å². The number of nitrogens with one attached hydrogen (secondary N) is 1. The average Bonchev–Trinajstić information content (AvgIpc) is 2.45. The molecule has 0 spiro atoms. The van der Waals surface area contributed by atoms with Crippen molar-refractivity contribution in [3.05, 3.63) is 57.6 Å². The number of alkyl halides is 3. The van der Waals surface area contributed by atoms with Gasteiger partial charge < -0.3 is 9.90 Å². The van der Waals surface area contributed by atoms with E-state index in [-0.39, 0.29) is 5.02 Å². The van der Waals surface area contributed by atoms with Crippen LogP contribution in [0.3, 0.4) is 0 Å². The first-order valence-electron chi connectivity index (χ1n) is 6.32. The number of aromatic carboxylic acids is 1. The van der Waals surface area contributed by atoms with Crippen LogP contribution in [0.4, 0.5) is 18.9 Å². The van der Waals surface area contributed by atoms with E-state index in [9.17, 15) is 31.5 Å². The van der Waals surface area contributed by atoms with Crippen LogP contribution in [0.5, 0.6) is 0 Å². The molecular formula is C14H7Cl2F3NO4S-. The molecule has 0 bridgehead atoms. The largest absolute Gasteiger partial charge is 0.545 e. The molecule has 0 atom stereocenters. The molecule has 0 unspecified atom stereocenters. The average molecular weight is 413 g/mol. The summed E-state index contributed by atoms with van der Waals surface area (Å²) in [5.41, 5.74) is -2.25. The number of hydrogen-bond acceptors (Lipinski definition) is 4. The lowest BCUT2D eigenvalue weighted by molar-refractivity contribution is -0.254. The highest BCUT2D eigenvalue weighted by Gasteiger charge is 2.33. The van der Waals surface area contributed by atoms with E-state index in [1.807, 2.05) is 4.72 Å². The van der Waals surface area contributed by atoms with Gasteiger partial charge in [-0.15, -0.1) is 0 Å². The number of carboxylic acid groups (broad SMARTS) is 1. The molecule has 25 heavy (non-hydrogen) atoms. The van der Waals surface area contributed by atoms with Gasteiger partial charge in [0.15, 0.2) is 0 Å². The fourth-order valence-electron chi connectivity index (χ4n) is 1.86. The van der Waals surface area contributed by atoms with Crippen molar-refractivity contribution in [3.8, 4) is 0 Å². The summed E-state index contributed by atoms with van der Waals surface area (Å²) >= 11 is 11.4. The normalized spacial score (nSPS) is 12.0. The van der Waals surface area contributed by atoms with Crippen molar-refractivity contribution in [2.75, 3.05) is 4.72 Å². The minimum atomic E-state index is -4.79. The summed E-state index contributed by atoms with van der Waals surface area (Å²) in [5, 5.41) is 10.6. The minimum Gasteiger partial charge on any atom is -0.545 e. The molecule has 5 nitrogen and oxygen atoms in total. The Morgan fingerprint density at radius 3 is 2.28 bits per heavy atom. The summed E-state index contributed by atoms with van der Waals surface area (Å²) < 4.78 is 64.9. The van der Waals surface area contributed by atoms with E-state index in [1.165, 1.54) is 6.07 Å². The summed E-state index contributed by atoms with van der Waals surface area (Å²) in [4.78, 5) is 10.2. The maximum Gasteiger partial charge on any atom is 0.416 e. The van der Waals surface area contributed by atoms with Crippen molar-refractivity contribution in [1.82, 2.24) is 0 Å². The molecule has 1 N–H and O–H groups in total. The maximum atomic E-state index is 12.8. The second-order valence-corrected chi connectivity index (χ2v) is 7.22. The number of halogens is 5. The van der Waals surface area contributed by atoms with Crippen molar-refractivity contribution >= 4 is 44.9 Å². The molecule has 2 rings (SSSR count). The fraction of sp³-hybridized carbons (Fsp3) is 0.0714. The van der Waals surface area contributed by atoms with E-state index in [4.69, 9.17) is 23.2 Å². The molecule has 0 radical (unpaired) electrons. The number of anilines is 1. The zero-order chi connectivity index (χ0) is 19.0. The van der Waals surface area contributed by atoms with Gasteiger partial charge in [0.2, 0.25) is 0 Å². The number of carboxylic acids is 1. The van der Waals surface area contributed by atoms with E-state index in [0.29, 0.717) is 12.1 Å². The minimum absolute atomic E-state index is 0.00200. The lowest BCUT2D eigenvalue weighted by Crippen LogP contribution is -2.25. The molecule has 0 saturated heterocycles. The number of hydrogen-bond donors (Lipinski definition) is 1. The number of benzene rings is 2. The van der Waals surface area contributed by atoms with Crippen LogP contribution in [0.2, 0.25) is 10.0 Å². The Morgan fingerprint density at radius 1 is 1.08 bits per heavy atom. The number of carbonyl (C=O) groups excluding carboxylic acids is 1. The van der Waals surface area contributed by atoms with Crippen molar-refractivity contribution in [2.24, 2.45) is 0 Å². The Balaban J connectivity index is 2.55. The van der Waals surface area contributed by atoms with Gasteiger partial charge in [-0.25, -0.2) is 8.42 Å². The Kier molecular flexibility index (Phi) is 5.22. The van der Waals surface area contributed by atoms with Gasteiger partial charge in [0, 0.05) is 10.6 Å². The molecule has 0 aromatic heterocycles. The topological polar surface area (TPSA) is 86.3 Å². The summed E-state index contributed by atoms with van der Waals surface area (Å²) in [7, 11) is -4.63. The van der Waals surface area contributed by atoms with Gasteiger partial charge in [-0.05, 0) is 36.4 Å². The van der Waals surface area contributed by atoms with E-state index in [2.05, 4.69) is 0 Å². The van der Waals surface area contributed by atoms with Gasteiger partial charge in [0.1, 0.15) is 4.90 Å². The molecule has 2 aromatic rings. The first kappa shape index (κ1) is 19.4. The molecule has 0 aliphatic heterocycles. The number of rotatable bonds is 4. The first-order chi connectivity index (χ1) is 11.4. The molecule has 0 aliphatic rings. The molecule has 2 aromatic carbocycles. The van der Waals surface area contributed by atoms with E-state index >= 15 is 0 Å². The third-order valence-electron chi connectivity index (χ3n) is 2.99. The van der Waals surface area contributed by atoms with Crippen LogP contribution in [0.25, 0.3) is 0 Å². The van der Waals surface area contributed by atoms with E-state index in [0.717, 1.165) is 18.2 Å². The second-order valence-electron chi connectivity index (χ2n) is 4.73. The zero-order valence-corrected chi connectivity index (χ0v) is 14.2. The maximum absolute atomic E-state index is 12.8. The van der Waals surface area contributed by atoms with E-state index in [1.54, 1.807) is 0 Å². The summed E-state index contributed by atoms with van der Waals surface area (Å²) in [5.74, 6) is -1.70. The smallest absolute Gasteiger partial charge is 0.416 e. The highest BCUT2D eigenvalue weighted by Crippen LogP contribution is 2.34. The quantitative estimate of drug-likeness (QED) is 0.835. The van der Waals surface area contributed by atoms with Crippen LogP contribution in [-0.2, 0) is 16.2 Å². The van der Waals surface area contributed by atoms with Crippen molar-refractivity contribution in [3.63, 3.8) is 0 Å². The molecule has 0 heterocycles. The Labute approximate surface area is 150 Å². The Morgan fingerprint density at radius 2 is 1.72 bits per heavy atom. The molecule has 134 valence electrons. The van der Waals surface area contributed by atoms with Gasteiger partial charge in [-0.2, -0.15) is 13.2 Å². The Bertz CT molecular complexity index is 946. The lowest BCUT2D eigenvalue weighted by Gasteiger charge is -2.15. The molecule has 0 saturated carbocycles. The van der Waals surface area contributed by atoms with Crippen LogP contribution in [-0.4, -0.2) is 14.4 Å². The van der Waals surface area contributed by atoms with Gasteiger partial charge >= 0.3 is 6.18 Å². The van der Waals surface area contributed by atoms with Gasteiger partial charge in [-0.3, -0.25) is 4.72 Å².